The Morgan fingerprint density at radius 1 is 1.31 bits per heavy atom. The third kappa shape index (κ3) is 3.82. The van der Waals surface area contributed by atoms with Crippen LogP contribution in [0.3, 0.4) is 0 Å². The van der Waals surface area contributed by atoms with Crippen LogP contribution in [-0.4, -0.2) is 28.0 Å². The number of halogens is 1. The smallest absolute Gasteiger partial charge is 0.262 e. The minimum atomic E-state index is -0.0878. The predicted molar refractivity (Wildman–Crippen MR) is 103 cm³/mol. The number of ether oxygens (including phenoxy) is 1. The Bertz CT molecular complexity index is 949. The van der Waals surface area contributed by atoms with E-state index in [9.17, 15) is 4.79 Å². The van der Waals surface area contributed by atoms with Crippen molar-refractivity contribution in [1.82, 2.24) is 9.55 Å². The summed E-state index contributed by atoms with van der Waals surface area (Å²) in [6, 6.07) is 8.85. The molecule has 7 heteroatoms. The summed E-state index contributed by atoms with van der Waals surface area (Å²) >= 11 is 7.64. The van der Waals surface area contributed by atoms with E-state index in [1.54, 1.807) is 40.8 Å². The molecular formula is C19H19ClN2O3S. The van der Waals surface area contributed by atoms with Gasteiger partial charge in [0, 0.05) is 17.4 Å². The minimum Gasteiger partial charge on any atom is -0.467 e. The Morgan fingerprint density at radius 2 is 2.23 bits per heavy atom. The van der Waals surface area contributed by atoms with Crippen LogP contribution in [0.15, 0.2) is 51.0 Å². The molecule has 1 fully saturated rings. The van der Waals surface area contributed by atoms with Crippen molar-refractivity contribution in [3.05, 3.63) is 57.7 Å². The van der Waals surface area contributed by atoms with Gasteiger partial charge in [0.1, 0.15) is 5.76 Å². The molecule has 3 aromatic rings. The van der Waals surface area contributed by atoms with E-state index in [2.05, 4.69) is 0 Å². The fourth-order valence-corrected chi connectivity index (χ4v) is 4.32. The van der Waals surface area contributed by atoms with Crippen molar-refractivity contribution in [2.24, 2.45) is 0 Å². The minimum absolute atomic E-state index is 0.0878. The van der Waals surface area contributed by atoms with Crippen LogP contribution in [0, 0.1) is 0 Å². The number of furan rings is 1. The van der Waals surface area contributed by atoms with Gasteiger partial charge in [-0.1, -0.05) is 23.4 Å². The van der Waals surface area contributed by atoms with Crippen LogP contribution in [0.4, 0.5) is 0 Å². The molecule has 3 heterocycles. The van der Waals surface area contributed by atoms with Crippen molar-refractivity contribution in [2.75, 3.05) is 12.4 Å². The average molecular weight is 391 g/mol. The first-order valence-electron chi connectivity index (χ1n) is 8.67. The Kier molecular flexibility index (Phi) is 5.33. The zero-order valence-electron chi connectivity index (χ0n) is 14.2. The Hall–Kier alpha value is -1.76. The molecule has 1 aliphatic heterocycles. The zero-order chi connectivity index (χ0) is 17.9. The first-order chi connectivity index (χ1) is 12.7. The van der Waals surface area contributed by atoms with Crippen LogP contribution in [0.2, 0.25) is 5.02 Å². The summed E-state index contributed by atoms with van der Waals surface area (Å²) in [7, 11) is 0. The molecule has 0 radical (unpaired) electrons. The molecule has 0 saturated carbocycles. The molecule has 0 amide bonds. The Morgan fingerprint density at radius 3 is 3.00 bits per heavy atom. The fourth-order valence-electron chi connectivity index (χ4n) is 3.09. The number of hydrogen-bond acceptors (Lipinski definition) is 5. The number of nitrogens with zero attached hydrogens (tertiary/aromatic N) is 2. The van der Waals surface area contributed by atoms with E-state index in [0.717, 1.165) is 31.0 Å². The molecule has 0 aliphatic carbocycles. The maximum absolute atomic E-state index is 13.0. The van der Waals surface area contributed by atoms with Gasteiger partial charge in [-0.25, -0.2) is 4.98 Å². The lowest BCUT2D eigenvalue weighted by Crippen LogP contribution is -2.25. The summed E-state index contributed by atoms with van der Waals surface area (Å²) < 4.78 is 12.9. The first-order valence-corrected chi connectivity index (χ1v) is 10.0. The number of thioether (sulfide) groups is 1. The molecule has 1 atom stereocenters. The van der Waals surface area contributed by atoms with Crippen molar-refractivity contribution < 1.29 is 9.15 Å². The molecule has 1 aliphatic rings. The highest BCUT2D eigenvalue weighted by Gasteiger charge is 2.18. The van der Waals surface area contributed by atoms with Gasteiger partial charge in [0.2, 0.25) is 0 Å². The van der Waals surface area contributed by atoms with Crippen LogP contribution in [-0.2, 0) is 11.3 Å². The van der Waals surface area contributed by atoms with Gasteiger partial charge in [0.15, 0.2) is 5.16 Å². The highest BCUT2D eigenvalue weighted by molar-refractivity contribution is 7.99. The Labute approximate surface area is 160 Å². The summed E-state index contributed by atoms with van der Waals surface area (Å²) in [5.74, 6) is 1.49. The number of rotatable bonds is 5. The largest absolute Gasteiger partial charge is 0.467 e. The van der Waals surface area contributed by atoms with E-state index in [1.807, 2.05) is 12.1 Å². The molecular weight excluding hydrogens is 372 g/mol. The lowest BCUT2D eigenvalue weighted by atomic mass is 10.1. The summed E-state index contributed by atoms with van der Waals surface area (Å²) in [4.78, 5) is 17.7. The van der Waals surface area contributed by atoms with Crippen molar-refractivity contribution in [3.8, 4) is 0 Å². The van der Waals surface area contributed by atoms with Crippen molar-refractivity contribution >= 4 is 34.3 Å². The maximum Gasteiger partial charge on any atom is 0.262 e. The van der Waals surface area contributed by atoms with E-state index in [0.29, 0.717) is 27.6 Å². The van der Waals surface area contributed by atoms with E-state index < -0.39 is 0 Å². The molecule has 0 bridgehead atoms. The predicted octanol–water partition coefficient (Wildman–Crippen LogP) is 4.35. The molecule has 1 aromatic carbocycles. The van der Waals surface area contributed by atoms with Gasteiger partial charge in [-0.3, -0.25) is 9.36 Å². The number of aromatic nitrogens is 2. The van der Waals surface area contributed by atoms with E-state index >= 15 is 0 Å². The van der Waals surface area contributed by atoms with E-state index in [-0.39, 0.29) is 11.7 Å². The molecule has 1 saturated heterocycles. The normalized spacial score (nSPS) is 17.7. The van der Waals surface area contributed by atoms with Gasteiger partial charge in [-0.2, -0.15) is 0 Å². The van der Waals surface area contributed by atoms with Crippen molar-refractivity contribution in [3.63, 3.8) is 0 Å². The second-order valence-corrected chi connectivity index (χ2v) is 7.75. The number of fused-ring (bicyclic) bond motifs is 1. The van der Waals surface area contributed by atoms with Gasteiger partial charge < -0.3 is 9.15 Å². The number of hydrogen-bond donors (Lipinski definition) is 0. The molecule has 4 rings (SSSR count). The Balaban J connectivity index is 1.70. The first kappa shape index (κ1) is 17.6. The zero-order valence-corrected chi connectivity index (χ0v) is 15.8. The highest BCUT2D eigenvalue weighted by atomic mass is 35.5. The van der Waals surface area contributed by atoms with Gasteiger partial charge in [0.05, 0.1) is 29.8 Å². The van der Waals surface area contributed by atoms with Crippen LogP contribution >= 0.6 is 23.4 Å². The quantitative estimate of drug-likeness (QED) is 0.478. The van der Waals surface area contributed by atoms with Crippen molar-refractivity contribution in [1.29, 1.82) is 0 Å². The van der Waals surface area contributed by atoms with Gasteiger partial charge in [-0.05, 0) is 49.6 Å². The molecule has 26 heavy (non-hydrogen) atoms. The number of benzene rings is 1. The molecule has 136 valence electrons. The second-order valence-electron chi connectivity index (χ2n) is 6.33. The van der Waals surface area contributed by atoms with Gasteiger partial charge >= 0.3 is 0 Å². The average Bonchev–Trinajstić information content (AvgIpc) is 3.16. The lowest BCUT2D eigenvalue weighted by molar-refractivity contribution is 0.0315. The third-order valence-corrected chi connectivity index (χ3v) is 5.79. The second kappa shape index (κ2) is 7.86. The summed E-state index contributed by atoms with van der Waals surface area (Å²) in [6.45, 7) is 1.16. The van der Waals surface area contributed by atoms with Crippen LogP contribution in [0.25, 0.3) is 10.9 Å². The summed E-state index contributed by atoms with van der Waals surface area (Å²) in [6.07, 6.45) is 5.17. The molecule has 0 N–H and O–H groups in total. The summed E-state index contributed by atoms with van der Waals surface area (Å²) in [5.41, 5.74) is 0.528. The molecule has 0 spiro atoms. The van der Waals surface area contributed by atoms with Crippen molar-refractivity contribution in [2.45, 2.75) is 37.1 Å². The summed E-state index contributed by atoms with van der Waals surface area (Å²) in [5, 5.41) is 1.79. The monoisotopic (exact) mass is 390 g/mol. The SMILES string of the molecule is O=c1c2ccc(Cl)cc2nc(SC[C@H]2CCCCO2)n1Cc1ccco1. The maximum atomic E-state index is 13.0. The topological polar surface area (TPSA) is 57.3 Å². The van der Waals surface area contributed by atoms with Gasteiger partial charge in [-0.15, -0.1) is 0 Å². The third-order valence-electron chi connectivity index (χ3n) is 4.45. The van der Waals surface area contributed by atoms with Gasteiger partial charge in [0.25, 0.3) is 5.56 Å². The highest BCUT2D eigenvalue weighted by Crippen LogP contribution is 2.24. The molecule has 5 nitrogen and oxygen atoms in total. The fraction of sp³-hybridized carbons (Fsp3) is 0.368. The standard InChI is InChI=1S/C19H19ClN2O3S/c20-13-6-7-16-17(10-13)21-19(26-12-15-4-1-2-8-25-15)22(18(16)23)11-14-5-3-9-24-14/h3,5-7,9-10,15H,1-2,4,8,11-12H2/t15-/m1/s1. The van der Waals surface area contributed by atoms with Crippen LogP contribution in [0.1, 0.15) is 25.0 Å². The molecule has 2 aromatic heterocycles. The lowest BCUT2D eigenvalue weighted by Gasteiger charge is -2.22. The van der Waals surface area contributed by atoms with E-state index in [4.69, 9.17) is 25.7 Å². The van der Waals surface area contributed by atoms with Crippen LogP contribution in [0.5, 0.6) is 0 Å². The van der Waals surface area contributed by atoms with Crippen LogP contribution < -0.4 is 5.56 Å². The molecule has 0 unspecified atom stereocenters. The van der Waals surface area contributed by atoms with E-state index in [1.165, 1.54) is 6.42 Å².